The number of carbonyl (C=O) groups is 3. The molecule has 0 aromatic heterocycles. The van der Waals surface area contributed by atoms with E-state index in [-0.39, 0.29) is 23.6 Å². The number of fused-ring (bicyclic) bond motifs is 1. The van der Waals surface area contributed by atoms with Gasteiger partial charge in [-0.15, -0.1) is 0 Å². The molecule has 6 heteroatoms. The fourth-order valence-corrected chi connectivity index (χ4v) is 4.51. The fraction of sp³-hybridized carbons (Fsp3) is 0.833. The minimum absolute atomic E-state index is 0.0260. The second-order valence-corrected chi connectivity index (χ2v) is 8.12. The Balaban J connectivity index is 1.81. The number of hydrogen-bond acceptors (Lipinski definition) is 3. The fourth-order valence-electron chi connectivity index (χ4n) is 4.51. The molecule has 0 saturated carbocycles. The van der Waals surface area contributed by atoms with Crippen LogP contribution in [0.15, 0.2) is 0 Å². The van der Waals surface area contributed by atoms with E-state index in [0.717, 1.165) is 25.9 Å². The average Bonchev–Trinajstić information content (AvgIpc) is 3.20. The quantitative estimate of drug-likeness (QED) is 0.772. The minimum atomic E-state index is -0.581. The molecule has 3 aliphatic rings. The standard InChI is InChI=1S/C18H29N3O3/c1-13(2)8-16(23)21-10-15-9-20(14(3)22)11-18(15,12-21)17(24)19-6-4-5-7-19/h13,15H,4-12H2,1-3H3/t15-,18-/m0/s1. The number of rotatable bonds is 3. The summed E-state index contributed by atoms with van der Waals surface area (Å²) in [6, 6.07) is 0. The van der Waals surface area contributed by atoms with Crippen LogP contribution in [0.3, 0.4) is 0 Å². The number of likely N-dealkylation sites (tertiary alicyclic amines) is 3. The molecule has 0 aromatic rings. The van der Waals surface area contributed by atoms with Gasteiger partial charge in [-0.1, -0.05) is 13.8 Å². The van der Waals surface area contributed by atoms with E-state index in [0.29, 0.717) is 38.5 Å². The third-order valence-corrected chi connectivity index (χ3v) is 5.81. The van der Waals surface area contributed by atoms with Crippen LogP contribution in [0.2, 0.25) is 0 Å². The normalized spacial score (nSPS) is 29.5. The van der Waals surface area contributed by atoms with E-state index >= 15 is 0 Å². The smallest absolute Gasteiger partial charge is 0.232 e. The molecule has 2 atom stereocenters. The van der Waals surface area contributed by atoms with Gasteiger partial charge in [-0.2, -0.15) is 0 Å². The highest BCUT2D eigenvalue weighted by Gasteiger charge is 2.59. The Morgan fingerprint density at radius 1 is 1.00 bits per heavy atom. The molecular formula is C18H29N3O3. The Labute approximate surface area is 144 Å². The van der Waals surface area contributed by atoms with Crippen molar-refractivity contribution in [2.45, 2.75) is 40.0 Å². The van der Waals surface area contributed by atoms with Crippen molar-refractivity contribution in [1.82, 2.24) is 14.7 Å². The second kappa shape index (κ2) is 6.37. The van der Waals surface area contributed by atoms with Gasteiger partial charge in [0, 0.05) is 58.5 Å². The average molecular weight is 335 g/mol. The molecule has 3 heterocycles. The third kappa shape index (κ3) is 2.91. The van der Waals surface area contributed by atoms with Crippen molar-refractivity contribution in [1.29, 1.82) is 0 Å². The van der Waals surface area contributed by atoms with E-state index in [2.05, 4.69) is 0 Å². The van der Waals surface area contributed by atoms with Crippen molar-refractivity contribution in [3.05, 3.63) is 0 Å². The van der Waals surface area contributed by atoms with Gasteiger partial charge in [-0.25, -0.2) is 0 Å². The maximum atomic E-state index is 13.3. The first-order valence-electron chi connectivity index (χ1n) is 9.16. The highest BCUT2D eigenvalue weighted by atomic mass is 16.2. The van der Waals surface area contributed by atoms with Crippen LogP contribution in [-0.4, -0.2) is 71.7 Å². The van der Waals surface area contributed by atoms with Crippen LogP contribution in [0, 0.1) is 17.3 Å². The monoisotopic (exact) mass is 335 g/mol. The number of nitrogens with zero attached hydrogens (tertiary/aromatic N) is 3. The van der Waals surface area contributed by atoms with Crippen LogP contribution in [-0.2, 0) is 14.4 Å². The van der Waals surface area contributed by atoms with Gasteiger partial charge in [-0.05, 0) is 18.8 Å². The molecule has 134 valence electrons. The molecule has 3 fully saturated rings. The molecule has 0 spiro atoms. The van der Waals surface area contributed by atoms with E-state index in [1.54, 1.807) is 11.8 Å². The van der Waals surface area contributed by atoms with Crippen LogP contribution in [0.4, 0.5) is 0 Å². The van der Waals surface area contributed by atoms with Gasteiger partial charge in [-0.3, -0.25) is 14.4 Å². The van der Waals surface area contributed by atoms with Gasteiger partial charge in [0.25, 0.3) is 0 Å². The van der Waals surface area contributed by atoms with Gasteiger partial charge < -0.3 is 14.7 Å². The molecule has 0 N–H and O–H groups in total. The lowest BCUT2D eigenvalue weighted by atomic mass is 9.79. The zero-order valence-corrected chi connectivity index (χ0v) is 15.1. The molecule has 0 aromatic carbocycles. The van der Waals surface area contributed by atoms with Crippen molar-refractivity contribution in [2.24, 2.45) is 17.3 Å². The summed E-state index contributed by atoms with van der Waals surface area (Å²) in [5, 5.41) is 0. The zero-order chi connectivity index (χ0) is 17.5. The van der Waals surface area contributed by atoms with Gasteiger partial charge in [0.15, 0.2) is 0 Å². The Kier molecular flexibility index (Phi) is 4.58. The van der Waals surface area contributed by atoms with Crippen LogP contribution >= 0.6 is 0 Å². The third-order valence-electron chi connectivity index (χ3n) is 5.81. The van der Waals surface area contributed by atoms with E-state index in [1.807, 2.05) is 23.6 Å². The van der Waals surface area contributed by atoms with Crippen LogP contribution in [0.25, 0.3) is 0 Å². The van der Waals surface area contributed by atoms with Gasteiger partial charge >= 0.3 is 0 Å². The zero-order valence-electron chi connectivity index (χ0n) is 15.1. The summed E-state index contributed by atoms with van der Waals surface area (Å²) in [5.41, 5.74) is -0.581. The molecule has 6 nitrogen and oxygen atoms in total. The van der Waals surface area contributed by atoms with Crippen LogP contribution < -0.4 is 0 Å². The lowest BCUT2D eigenvalue weighted by Gasteiger charge is -2.32. The lowest BCUT2D eigenvalue weighted by molar-refractivity contribution is -0.142. The van der Waals surface area contributed by atoms with E-state index in [9.17, 15) is 14.4 Å². The Morgan fingerprint density at radius 3 is 2.17 bits per heavy atom. The topological polar surface area (TPSA) is 60.9 Å². The van der Waals surface area contributed by atoms with Crippen molar-refractivity contribution < 1.29 is 14.4 Å². The Morgan fingerprint density at radius 2 is 1.58 bits per heavy atom. The van der Waals surface area contributed by atoms with Crippen molar-refractivity contribution in [3.8, 4) is 0 Å². The highest BCUT2D eigenvalue weighted by molar-refractivity contribution is 5.88. The Hall–Kier alpha value is -1.59. The maximum absolute atomic E-state index is 13.3. The van der Waals surface area contributed by atoms with Crippen LogP contribution in [0.5, 0.6) is 0 Å². The summed E-state index contributed by atoms with van der Waals surface area (Å²) >= 11 is 0. The largest absolute Gasteiger partial charge is 0.342 e. The van der Waals surface area contributed by atoms with Gasteiger partial charge in [0.1, 0.15) is 0 Å². The molecule has 24 heavy (non-hydrogen) atoms. The SMILES string of the molecule is CC(=O)N1C[C@H]2CN(C(=O)CC(C)C)C[C@@]2(C(=O)N2CCCC2)C1. The van der Waals surface area contributed by atoms with Gasteiger partial charge in [0.2, 0.25) is 17.7 Å². The number of hydrogen-bond donors (Lipinski definition) is 0. The van der Waals surface area contributed by atoms with Crippen molar-refractivity contribution >= 4 is 17.7 Å². The summed E-state index contributed by atoms with van der Waals surface area (Å²) in [6.45, 7) is 9.41. The first kappa shape index (κ1) is 17.2. The summed E-state index contributed by atoms with van der Waals surface area (Å²) < 4.78 is 0. The first-order valence-corrected chi connectivity index (χ1v) is 9.16. The molecule has 3 rings (SSSR count). The van der Waals surface area contributed by atoms with E-state index in [4.69, 9.17) is 0 Å². The summed E-state index contributed by atoms with van der Waals surface area (Å²) in [7, 11) is 0. The van der Waals surface area contributed by atoms with Crippen LogP contribution in [0.1, 0.15) is 40.0 Å². The maximum Gasteiger partial charge on any atom is 0.232 e. The second-order valence-electron chi connectivity index (χ2n) is 8.12. The van der Waals surface area contributed by atoms with E-state index in [1.165, 1.54) is 0 Å². The Bertz CT molecular complexity index is 542. The molecule has 3 saturated heterocycles. The van der Waals surface area contributed by atoms with Gasteiger partial charge in [0.05, 0.1) is 5.41 Å². The molecular weight excluding hydrogens is 306 g/mol. The first-order chi connectivity index (χ1) is 11.3. The summed E-state index contributed by atoms with van der Waals surface area (Å²) in [5.74, 6) is 0.719. The minimum Gasteiger partial charge on any atom is -0.342 e. The number of amides is 3. The molecule has 3 amide bonds. The van der Waals surface area contributed by atoms with E-state index < -0.39 is 5.41 Å². The molecule has 0 aliphatic carbocycles. The van der Waals surface area contributed by atoms with Crippen molar-refractivity contribution in [3.63, 3.8) is 0 Å². The predicted octanol–water partition coefficient (Wildman–Crippen LogP) is 0.962. The summed E-state index contributed by atoms with van der Waals surface area (Å²) in [4.78, 5) is 43.2. The summed E-state index contributed by atoms with van der Waals surface area (Å²) in [6.07, 6.45) is 2.63. The predicted molar refractivity (Wildman–Crippen MR) is 90.0 cm³/mol. The lowest BCUT2D eigenvalue weighted by Crippen LogP contribution is -2.49. The highest BCUT2D eigenvalue weighted by Crippen LogP contribution is 2.44. The van der Waals surface area contributed by atoms with Crippen molar-refractivity contribution in [2.75, 3.05) is 39.3 Å². The molecule has 0 unspecified atom stereocenters. The molecule has 3 aliphatic heterocycles. The molecule has 0 radical (unpaired) electrons. The number of carbonyl (C=O) groups excluding carboxylic acids is 3. The molecule has 0 bridgehead atoms.